The number of halogens is 2. The number of carbonyl (C=O) groups excluding carboxylic acids is 1. The molecule has 9 heteroatoms. The van der Waals surface area contributed by atoms with E-state index in [2.05, 4.69) is 20.4 Å². The fourth-order valence-corrected chi connectivity index (χ4v) is 2.08. The molecular formula is C18H28F2N4O3. The molecule has 2 N–H and O–H groups in total. The smallest absolute Gasteiger partial charge is 0.387 e. The molecule has 7 nitrogen and oxygen atoms in total. The first-order valence-corrected chi connectivity index (χ1v) is 8.80. The van der Waals surface area contributed by atoms with Gasteiger partial charge in [-0.2, -0.15) is 8.78 Å². The number of nitrogens with zero attached hydrogens (tertiary/aromatic N) is 2. The van der Waals surface area contributed by atoms with Crippen LogP contribution in [0.25, 0.3) is 0 Å². The molecule has 1 aromatic carbocycles. The molecule has 1 aromatic rings. The molecule has 0 heterocycles. The number of para-hydroxylation sites is 1. The minimum atomic E-state index is -2.97. The Balaban J connectivity index is 2.98. The highest BCUT2D eigenvalue weighted by atomic mass is 19.3. The van der Waals surface area contributed by atoms with E-state index in [1.54, 1.807) is 39.2 Å². The average molecular weight is 386 g/mol. The Kier molecular flexibility index (Phi) is 9.92. The number of hydrogen-bond acceptors (Lipinski definition) is 4. The largest absolute Gasteiger partial charge is 0.490 e. The van der Waals surface area contributed by atoms with Crippen LogP contribution in [0.2, 0.25) is 0 Å². The van der Waals surface area contributed by atoms with Crippen molar-refractivity contribution in [2.24, 2.45) is 4.99 Å². The number of nitrogens with one attached hydrogen (secondary N) is 2. The van der Waals surface area contributed by atoms with Crippen LogP contribution in [0.5, 0.6) is 11.5 Å². The average Bonchev–Trinajstić information content (AvgIpc) is 2.62. The van der Waals surface area contributed by atoms with Crippen molar-refractivity contribution in [3.8, 4) is 11.5 Å². The third kappa shape index (κ3) is 8.10. The summed E-state index contributed by atoms with van der Waals surface area (Å²) in [4.78, 5) is 17.6. The van der Waals surface area contributed by atoms with E-state index in [0.29, 0.717) is 24.7 Å². The Hall–Kier alpha value is -2.58. The zero-order chi connectivity index (χ0) is 20.2. The van der Waals surface area contributed by atoms with E-state index in [0.717, 1.165) is 6.42 Å². The van der Waals surface area contributed by atoms with Gasteiger partial charge in [0.15, 0.2) is 17.5 Å². The van der Waals surface area contributed by atoms with Crippen molar-refractivity contribution < 1.29 is 23.0 Å². The second-order valence-corrected chi connectivity index (χ2v) is 5.79. The Labute approximate surface area is 158 Å². The third-order valence-corrected chi connectivity index (χ3v) is 3.42. The van der Waals surface area contributed by atoms with Crippen LogP contribution in [0.3, 0.4) is 0 Å². The van der Waals surface area contributed by atoms with Gasteiger partial charge in [0, 0.05) is 26.2 Å². The van der Waals surface area contributed by atoms with E-state index in [-0.39, 0.29) is 30.5 Å². The van der Waals surface area contributed by atoms with Crippen molar-refractivity contribution in [1.82, 2.24) is 15.5 Å². The molecule has 0 radical (unpaired) electrons. The molecule has 1 rings (SSSR count). The van der Waals surface area contributed by atoms with Crippen molar-refractivity contribution in [3.63, 3.8) is 0 Å². The van der Waals surface area contributed by atoms with Gasteiger partial charge < -0.3 is 25.0 Å². The Bertz CT molecular complexity index is 625. The minimum absolute atomic E-state index is 0.0303. The van der Waals surface area contributed by atoms with E-state index >= 15 is 0 Å². The molecule has 0 saturated carbocycles. The maximum absolute atomic E-state index is 12.8. The van der Waals surface area contributed by atoms with E-state index < -0.39 is 6.61 Å². The van der Waals surface area contributed by atoms with Gasteiger partial charge in [0.25, 0.3) is 0 Å². The van der Waals surface area contributed by atoms with Crippen LogP contribution in [0, 0.1) is 0 Å². The molecule has 0 aliphatic rings. The summed E-state index contributed by atoms with van der Waals surface area (Å²) in [5.41, 5.74) is 0.456. The fourth-order valence-electron chi connectivity index (χ4n) is 2.08. The molecule has 152 valence electrons. The maximum Gasteiger partial charge on any atom is 0.387 e. The van der Waals surface area contributed by atoms with Crippen LogP contribution in [-0.4, -0.2) is 57.2 Å². The lowest BCUT2D eigenvalue weighted by molar-refractivity contribution is -0.127. The van der Waals surface area contributed by atoms with E-state index in [9.17, 15) is 13.6 Å². The normalized spacial score (nSPS) is 11.3. The monoisotopic (exact) mass is 386 g/mol. The second-order valence-electron chi connectivity index (χ2n) is 5.79. The number of ether oxygens (including phenoxy) is 2. The van der Waals surface area contributed by atoms with Gasteiger partial charge in [-0.15, -0.1) is 0 Å². The highest BCUT2D eigenvalue weighted by Crippen LogP contribution is 2.33. The summed E-state index contributed by atoms with van der Waals surface area (Å²) in [5.74, 6) is 0.513. The number of guanidine groups is 1. The molecule has 1 amide bonds. The van der Waals surface area contributed by atoms with E-state index in [4.69, 9.17) is 4.74 Å². The lowest BCUT2D eigenvalue weighted by Crippen LogP contribution is -2.43. The summed E-state index contributed by atoms with van der Waals surface area (Å²) >= 11 is 0. The van der Waals surface area contributed by atoms with Crippen molar-refractivity contribution in [3.05, 3.63) is 23.8 Å². The minimum Gasteiger partial charge on any atom is -0.490 e. The Morgan fingerprint density at radius 3 is 2.59 bits per heavy atom. The predicted octanol–water partition coefficient (Wildman–Crippen LogP) is 2.22. The molecule has 0 spiro atoms. The van der Waals surface area contributed by atoms with Crippen LogP contribution in [0.4, 0.5) is 8.78 Å². The van der Waals surface area contributed by atoms with Crippen molar-refractivity contribution in [2.45, 2.75) is 33.4 Å². The first-order valence-electron chi connectivity index (χ1n) is 8.80. The summed E-state index contributed by atoms with van der Waals surface area (Å²) in [6, 6.07) is 4.90. The van der Waals surface area contributed by atoms with Crippen LogP contribution in [0.15, 0.2) is 23.2 Å². The number of alkyl halides is 2. The van der Waals surface area contributed by atoms with Crippen LogP contribution in [0.1, 0.15) is 25.8 Å². The molecule has 0 fully saturated rings. The number of rotatable bonds is 10. The second kappa shape index (κ2) is 11.9. The summed E-state index contributed by atoms with van der Waals surface area (Å²) in [6.07, 6.45) is 0.863. The molecule has 0 aliphatic carbocycles. The van der Waals surface area contributed by atoms with Gasteiger partial charge in [-0.05, 0) is 19.4 Å². The quantitative estimate of drug-likeness (QED) is 0.476. The van der Waals surface area contributed by atoms with Gasteiger partial charge in [-0.1, -0.05) is 19.1 Å². The van der Waals surface area contributed by atoms with E-state index in [1.165, 1.54) is 4.90 Å². The van der Waals surface area contributed by atoms with Crippen molar-refractivity contribution in [1.29, 1.82) is 0 Å². The third-order valence-electron chi connectivity index (χ3n) is 3.42. The zero-order valence-electron chi connectivity index (χ0n) is 16.2. The number of aliphatic imine (C=N–C) groups is 1. The maximum atomic E-state index is 12.8. The fraction of sp³-hybridized carbons (Fsp3) is 0.556. The molecule has 27 heavy (non-hydrogen) atoms. The first kappa shape index (κ1) is 22.5. The van der Waals surface area contributed by atoms with Gasteiger partial charge in [0.1, 0.15) is 0 Å². The molecule has 0 saturated heterocycles. The molecule has 0 unspecified atom stereocenters. The topological polar surface area (TPSA) is 75.2 Å². The van der Waals surface area contributed by atoms with Crippen molar-refractivity contribution >= 4 is 11.9 Å². The number of carbonyl (C=O) groups is 1. The zero-order valence-corrected chi connectivity index (χ0v) is 16.2. The molecule has 0 bridgehead atoms. The van der Waals surface area contributed by atoms with Crippen LogP contribution >= 0.6 is 0 Å². The number of hydrogen-bond donors (Lipinski definition) is 2. The number of benzene rings is 1. The van der Waals surface area contributed by atoms with Gasteiger partial charge in [0.2, 0.25) is 5.91 Å². The molecular weight excluding hydrogens is 358 g/mol. The molecule has 0 atom stereocenters. The van der Waals surface area contributed by atoms with Gasteiger partial charge in [-0.25, -0.2) is 4.99 Å². The highest BCUT2D eigenvalue weighted by Gasteiger charge is 2.16. The van der Waals surface area contributed by atoms with E-state index in [1.807, 2.05) is 6.92 Å². The summed E-state index contributed by atoms with van der Waals surface area (Å²) in [7, 11) is 3.32. The number of amides is 1. The highest BCUT2D eigenvalue weighted by molar-refractivity contribution is 5.86. The molecule has 0 aromatic heterocycles. The van der Waals surface area contributed by atoms with Crippen LogP contribution in [-0.2, 0) is 11.3 Å². The first-order chi connectivity index (χ1) is 12.9. The van der Waals surface area contributed by atoms with Gasteiger partial charge in [-0.3, -0.25) is 4.79 Å². The lowest BCUT2D eigenvalue weighted by Gasteiger charge is -2.16. The summed E-state index contributed by atoms with van der Waals surface area (Å²) in [6.45, 7) is 1.92. The Morgan fingerprint density at radius 1 is 1.26 bits per heavy atom. The predicted molar refractivity (Wildman–Crippen MR) is 100 cm³/mol. The van der Waals surface area contributed by atoms with Gasteiger partial charge in [0.05, 0.1) is 19.7 Å². The standard InChI is InChI=1S/C18H28F2N4O3/c1-5-10-21-18(23-12-15(25)24(3)4)22-11-13-8-7-9-14(26-6-2)16(13)27-17(19)20/h7-9,17H,5-6,10-12H2,1-4H3,(H2,21,22,23). The summed E-state index contributed by atoms with van der Waals surface area (Å²) in [5, 5.41) is 6.02. The number of likely N-dealkylation sites (N-methyl/N-ethyl adjacent to an activating group) is 1. The lowest BCUT2D eigenvalue weighted by atomic mass is 10.2. The Morgan fingerprint density at radius 2 is 2.00 bits per heavy atom. The SMILES string of the molecule is CCCNC(=NCc1cccc(OCC)c1OC(F)F)NCC(=O)N(C)C. The summed E-state index contributed by atoms with van der Waals surface area (Å²) < 4.78 is 35.6. The van der Waals surface area contributed by atoms with Crippen LogP contribution < -0.4 is 20.1 Å². The van der Waals surface area contributed by atoms with Crippen molar-refractivity contribution in [2.75, 3.05) is 33.8 Å². The van der Waals surface area contributed by atoms with Gasteiger partial charge >= 0.3 is 6.61 Å². The molecule has 0 aliphatic heterocycles.